The highest BCUT2D eigenvalue weighted by atomic mass is 16.5. The number of benzene rings is 1. The SMILES string of the molecule is CCCCCC(=O)Oc1cccc(O)c1C. The quantitative estimate of drug-likeness (QED) is 0.473. The molecule has 0 saturated carbocycles. The Balaban J connectivity index is 2.53. The van der Waals surface area contributed by atoms with E-state index in [1.54, 1.807) is 25.1 Å². The summed E-state index contributed by atoms with van der Waals surface area (Å²) in [6.07, 6.45) is 3.41. The van der Waals surface area contributed by atoms with Crippen molar-refractivity contribution in [1.29, 1.82) is 0 Å². The summed E-state index contributed by atoms with van der Waals surface area (Å²) in [4.78, 5) is 11.4. The van der Waals surface area contributed by atoms with E-state index in [0.717, 1.165) is 19.3 Å². The number of unbranched alkanes of at least 4 members (excludes halogenated alkanes) is 2. The van der Waals surface area contributed by atoms with Crippen LogP contribution in [0.2, 0.25) is 0 Å². The monoisotopic (exact) mass is 222 g/mol. The van der Waals surface area contributed by atoms with Crippen molar-refractivity contribution in [3.05, 3.63) is 23.8 Å². The van der Waals surface area contributed by atoms with Crippen molar-refractivity contribution in [3.63, 3.8) is 0 Å². The molecule has 1 aromatic carbocycles. The molecule has 0 heterocycles. The lowest BCUT2D eigenvalue weighted by Gasteiger charge is -2.08. The van der Waals surface area contributed by atoms with Crippen LogP contribution in [0.3, 0.4) is 0 Å². The standard InChI is InChI=1S/C13H18O3/c1-3-4-5-9-13(15)16-12-8-6-7-11(14)10(12)2/h6-8,14H,3-5,9H2,1-2H3. The normalized spacial score (nSPS) is 10.1. The summed E-state index contributed by atoms with van der Waals surface area (Å²) >= 11 is 0. The van der Waals surface area contributed by atoms with Gasteiger partial charge in [0, 0.05) is 12.0 Å². The molecule has 0 spiro atoms. The van der Waals surface area contributed by atoms with Gasteiger partial charge in [-0.3, -0.25) is 4.79 Å². The number of ether oxygens (including phenoxy) is 1. The maximum atomic E-state index is 11.4. The van der Waals surface area contributed by atoms with Crippen LogP contribution >= 0.6 is 0 Å². The van der Waals surface area contributed by atoms with Gasteiger partial charge in [0.15, 0.2) is 0 Å². The average Bonchev–Trinajstić information content (AvgIpc) is 2.25. The second-order valence-corrected chi connectivity index (χ2v) is 3.83. The second kappa shape index (κ2) is 6.16. The van der Waals surface area contributed by atoms with E-state index in [0.29, 0.717) is 17.7 Å². The maximum Gasteiger partial charge on any atom is 0.311 e. The molecule has 16 heavy (non-hydrogen) atoms. The molecule has 0 unspecified atom stereocenters. The number of rotatable bonds is 5. The first kappa shape index (κ1) is 12.6. The third-order valence-corrected chi connectivity index (χ3v) is 2.46. The van der Waals surface area contributed by atoms with Gasteiger partial charge in [-0.1, -0.05) is 25.8 Å². The fourth-order valence-corrected chi connectivity index (χ4v) is 1.41. The third-order valence-electron chi connectivity index (χ3n) is 2.46. The predicted molar refractivity (Wildman–Crippen MR) is 62.6 cm³/mol. The minimum atomic E-state index is -0.234. The van der Waals surface area contributed by atoms with Gasteiger partial charge in [0.1, 0.15) is 11.5 Å². The van der Waals surface area contributed by atoms with Gasteiger partial charge in [0.25, 0.3) is 0 Å². The van der Waals surface area contributed by atoms with Gasteiger partial charge in [-0.2, -0.15) is 0 Å². The summed E-state index contributed by atoms with van der Waals surface area (Å²) in [5.74, 6) is 0.363. The molecular formula is C13H18O3. The van der Waals surface area contributed by atoms with Crippen LogP contribution in [-0.4, -0.2) is 11.1 Å². The Morgan fingerprint density at radius 3 is 2.81 bits per heavy atom. The van der Waals surface area contributed by atoms with Crippen LogP contribution in [0.5, 0.6) is 11.5 Å². The molecule has 0 aliphatic heterocycles. The molecule has 0 aliphatic rings. The van der Waals surface area contributed by atoms with Crippen LogP contribution in [0.1, 0.15) is 38.2 Å². The molecule has 0 bridgehead atoms. The van der Waals surface area contributed by atoms with Crippen LogP contribution in [-0.2, 0) is 4.79 Å². The van der Waals surface area contributed by atoms with Crippen LogP contribution in [0.4, 0.5) is 0 Å². The Morgan fingerprint density at radius 1 is 1.38 bits per heavy atom. The van der Waals surface area contributed by atoms with Gasteiger partial charge >= 0.3 is 5.97 Å². The first-order chi connectivity index (χ1) is 7.65. The molecule has 3 nitrogen and oxygen atoms in total. The second-order valence-electron chi connectivity index (χ2n) is 3.83. The number of hydrogen-bond donors (Lipinski definition) is 1. The summed E-state index contributed by atoms with van der Waals surface area (Å²) in [6, 6.07) is 4.92. The highest BCUT2D eigenvalue weighted by Gasteiger charge is 2.08. The molecule has 1 rings (SSSR count). The van der Waals surface area contributed by atoms with Crippen LogP contribution in [0.25, 0.3) is 0 Å². The van der Waals surface area contributed by atoms with E-state index in [2.05, 4.69) is 6.92 Å². The molecule has 3 heteroatoms. The van der Waals surface area contributed by atoms with Gasteiger partial charge < -0.3 is 9.84 Å². The third kappa shape index (κ3) is 3.57. The van der Waals surface area contributed by atoms with E-state index in [1.807, 2.05) is 0 Å². The number of esters is 1. The molecule has 0 saturated heterocycles. The topological polar surface area (TPSA) is 46.5 Å². The molecule has 0 atom stereocenters. The summed E-state index contributed by atoms with van der Waals surface area (Å²) in [7, 11) is 0. The molecule has 1 aromatic rings. The zero-order valence-electron chi connectivity index (χ0n) is 9.82. The molecular weight excluding hydrogens is 204 g/mol. The van der Waals surface area contributed by atoms with Crippen LogP contribution in [0, 0.1) is 6.92 Å². The van der Waals surface area contributed by atoms with Crippen molar-refractivity contribution in [1.82, 2.24) is 0 Å². The number of carbonyl (C=O) groups is 1. The molecule has 0 aliphatic carbocycles. The molecule has 0 fully saturated rings. The maximum absolute atomic E-state index is 11.4. The number of phenols is 1. The van der Waals surface area contributed by atoms with E-state index in [4.69, 9.17) is 4.74 Å². The van der Waals surface area contributed by atoms with Crippen molar-refractivity contribution in [2.45, 2.75) is 39.5 Å². The first-order valence-electron chi connectivity index (χ1n) is 5.64. The molecule has 0 aromatic heterocycles. The van der Waals surface area contributed by atoms with E-state index in [9.17, 15) is 9.90 Å². The lowest BCUT2D eigenvalue weighted by atomic mass is 10.2. The fourth-order valence-electron chi connectivity index (χ4n) is 1.41. The summed E-state index contributed by atoms with van der Waals surface area (Å²) in [5.41, 5.74) is 0.603. The highest BCUT2D eigenvalue weighted by Crippen LogP contribution is 2.26. The fraction of sp³-hybridized carbons (Fsp3) is 0.462. The van der Waals surface area contributed by atoms with Crippen molar-refractivity contribution in [2.24, 2.45) is 0 Å². The molecule has 0 amide bonds. The number of aromatic hydroxyl groups is 1. The smallest absolute Gasteiger partial charge is 0.311 e. The molecule has 1 N–H and O–H groups in total. The van der Waals surface area contributed by atoms with Gasteiger partial charge in [0.2, 0.25) is 0 Å². The summed E-state index contributed by atoms with van der Waals surface area (Å²) < 4.78 is 5.17. The number of phenolic OH excluding ortho intramolecular Hbond substituents is 1. The predicted octanol–water partition coefficient (Wildman–Crippen LogP) is 3.19. The van der Waals surface area contributed by atoms with Crippen molar-refractivity contribution >= 4 is 5.97 Å². The van der Waals surface area contributed by atoms with Gasteiger partial charge in [-0.25, -0.2) is 0 Å². The van der Waals surface area contributed by atoms with Crippen molar-refractivity contribution in [2.75, 3.05) is 0 Å². The van der Waals surface area contributed by atoms with Crippen LogP contribution in [0.15, 0.2) is 18.2 Å². The number of hydrogen-bond acceptors (Lipinski definition) is 3. The van der Waals surface area contributed by atoms with Crippen LogP contribution < -0.4 is 4.74 Å². The van der Waals surface area contributed by atoms with E-state index >= 15 is 0 Å². The highest BCUT2D eigenvalue weighted by molar-refractivity contribution is 5.73. The zero-order valence-corrected chi connectivity index (χ0v) is 9.82. The Labute approximate surface area is 96.1 Å². The van der Waals surface area contributed by atoms with Gasteiger partial charge in [-0.15, -0.1) is 0 Å². The van der Waals surface area contributed by atoms with Gasteiger partial charge in [0.05, 0.1) is 0 Å². The molecule has 88 valence electrons. The largest absolute Gasteiger partial charge is 0.508 e. The lowest BCUT2D eigenvalue weighted by Crippen LogP contribution is -2.08. The first-order valence-corrected chi connectivity index (χ1v) is 5.64. The Morgan fingerprint density at radius 2 is 2.12 bits per heavy atom. The van der Waals surface area contributed by atoms with E-state index < -0.39 is 0 Å². The van der Waals surface area contributed by atoms with Crippen molar-refractivity contribution in [3.8, 4) is 11.5 Å². The summed E-state index contributed by atoms with van der Waals surface area (Å²) in [5, 5.41) is 9.44. The minimum Gasteiger partial charge on any atom is -0.508 e. The van der Waals surface area contributed by atoms with Crippen molar-refractivity contribution < 1.29 is 14.6 Å². The van der Waals surface area contributed by atoms with E-state index in [1.165, 1.54) is 0 Å². The molecule has 0 radical (unpaired) electrons. The minimum absolute atomic E-state index is 0.152. The average molecular weight is 222 g/mol. The Bertz CT molecular complexity index is 358. The van der Waals surface area contributed by atoms with E-state index in [-0.39, 0.29) is 11.7 Å². The lowest BCUT2D eigenvalue weighted by molar-refractivity contribution is -0.134. The Hall–Kier alpha value is -1.51. The van der Waals surface area contributed by atoms with Gasteiger partial charge in [-0.05, 0) is 25.5 Å². The zero-order chi connectivity index (χ0) is 12.0. The Kier molecular flexibility index (Phi) is 4.83. The summed E-state index contributed by atoms with van der Waals surface area (Å²) in [6.45, 7) is 3.81. The number of carbonyl (C=O) groups excluding carboxylic acids is 1.